The number of halogens is 1. The predicted molar refractivity (Wildman–Crippen MR) is 116 cm³/mol. The van der Waals surface area contributed by atoms with Gasteiger partial charge in [-0.25, -0.2) is 9.38 Å². The Kier molecular flexibility index (Phi) is 5.84. The molecular formula is C24H21FN4O3. The Morgan fingerprint density at radius 2 is 1.72 bits per heavy atom. The van der Waals surface area contributed by atoms with E-state index in [0.29, 0.717) is 24.2 Å². The van der Waals surface area contributed by atoms with Crippen LogP contribution in [0.25, 0.3) is 5.70 Å². The van der Waals surface area contributed by atoms with Crippen molar-refractivity contribution >= 4 is 23.3 Å². The third-order valence-electron chi connectivity index (χ3n) is 5.27. The fraction of sp³-hybridized carbons (Fsp3) is 0.250. The minimum absolute atomic E-state index is 0.0928. The van der Waals surface area contributed by atoms with Gasteiger partial charge in [0.25, 0.3) is 11.8 Å². The number of rotatable bonds is 2. The van der Waals surface area contributed by atoms with Crippen molar-refractivity contribution in [3.8, 4) is 6.07 Å². The van der Waals surface area contributed by atoms with Crippen LogP contribution in [0.5, 0.6) is 0 Å². The van der Waals surface area contributed by atoms with Crippen LogP contribution in [0.3, 0.4) is 0 Å². The summed E-state index contributed by atoms with van der Waals surface area (Å²) in [4.78, 5) is 31.9. The largest absolute Gasteiger partial charge is 0.372 e. The van der Waals surface area contributed by atoms with Crippen molar-refractivity contribution in [2.24, 2.45) is 4.99 Å². The lowest BCUT2D eigenvalue weighted by Crippen LogP contribution is -2.48. The molecule has 2 heterocycles. The van der Waals surface area contributed by atoms with E-state index >= 15 is 0 Å². The fourth-order valence-electron chi connectivity index (χ4n) is 3.90. The van der Waals surface area contributed by atoms with Crippen LogP contribution >= 0.6 is 0 Å². The lowest BCUT2D eigenvalue weighted by Gasteiger charge is -2.35. The van der Waals surface area contributed by atoms with Crippen molar-refractivity contribution < 1.29 is 18.7 Å². The van der Waals surface area contributed by atoms with E-state index in [-0.39, 0.29) is 34.9 Å². The number of nitriles is 1. The summed E-state index contributed by atoms with van der Waals surface area (Å²) in [5.74, 6) is -1.11. The third kappa shape index (κ3) is 4.15. The second-order valence-corrected chi connectivity index (χ2v) is 7.77. The quantitative estimate of drug-likeness (QED) is 0.583. The molecule has 2 amide bonds. The van der Waals surface area contributed by atoms with E-state index in [1.54, 1.807) is 29.2 Å². The van der Waals surface area contributed by atoms with Crippen LogP contribution in [0.2, 0.25) is 0 Å². The zero-order valence-electron chi connectivity index (χ0n) is 17.6. The van der Waals surface area contributed by atoms with E-state index in [4.69, 9.17) is 4.74 Å². The van der Waals surface area contributed by atoms with Gasteiger partial charge in [-0.1, -0.05) is 24.3 Å². The maximum absolute atomic E-state index is 13.2. The highest BCUT2D eigenvalue weighted by Gasteiger charge is 2.32. The molecular weight excluding hydrogens is 411 g/mol. The predicted octanol–water partition coefficient (Wildman–Crippen LogP) is 2.89. The molecule has 1 saturated heterocycles. The third-order valence-corrected chi connectivity index (χ3v) is 5.27. The summed E-state index contributed by atoms with van der Waals surface area (Å²) in [5.41, 5.74) is 1.57. The summed E-state index contributed by atoms with van der Waals surface area (Å²) < 4.78 is 18.9. The molecule has 7 nitrogen and oxygen atoms in total. The average Bonchev–Trinajstić information content (AvgIpc) is 3.12. The molecule has 2 aliphatic heterocycles. The first-order chi connectivity index (χ1) is 15.4. The number of carbonyl (C=O) groups is 2. The van der Waals surface area contributed by atoms with Gasteiger partial charge in [0.05, 0.1) is 17.9 Å². The number of hydrogen-bond acceptors (Lipinski definition) is 5. The Bertz CT molecular complexity index is 1170. The summed E-state index contributed by atoms with van der Waals surface area (Å²) in [6, 6.07) is 14.2. The Balaban J connectivity index is 1.69. The van der Waals surface area contributed by atoms with Gasteiger partial charge in [0.1, 0.15) is 23.3 Å². The van der Waals surface area contributed by atoms with Gasteiger partial charge in [0.15, 0.2) is 0 Å². The van der Waals surface area contributed by atoms with E-state index in [0.717, 1.165) is 0 Å². The number of benzene rings is 2. The molecule has 2 aromatic carbocycles. The van der Waals surface area contributed by atoms with Crippen molar-refractivity contribution in [2.75, 3.05) is 13.1 Å². The molecule has 0 aliphatic carbocycles. The van der Waals surface area contributed by atoms with Gasteiger partial charge >= 0.3 is 0 Å². The summed E-state index contributed by atoms with van der Waals surface area (Å²) in [7, 11) is 0. The second-order valence-electron chi connectivity index (χ2n) is 7.77. The molecule has 8 heteroatoms. The van der Waals surface area contributed by atoms with Crippen molar-refractivity contribution in [1.82, 2.24) is 10.2 Å². The number of hydrogen-bond donors (Lipinski definition) is 1. The van der Waals surface area contributed by atoms with Crippen LogP contribution in [0, 0.1) is 17.1 Å². The summed E-state index contributed by atoms with van der Waals surface area (Å²) >= 11 is 0. The fourth-order valence-corrected chi connectivity index (χ4v) is 3.90. The Labute approximate surface area is 184 Å². The average molecular weight is 432 g/mol. The molecule has 0 unspecified atom stereocenters. The topological polar surface area (TPSA) is 94.8 Å². The van der Waals surface area contributed by atoms with Crippen LogP contribution in [-0.2, 0) is 9.53 Å². The molecule has 0 spiro atoms. The molecule has 0 aromatic heterocycles. The van der Waals surface area contributed by atoms with Crippen LogP contribution in [0.4, 0.5) is 4.39 Å². The Morgan fingerprint density at radius 1 is 1.09 bits per heavy atom. The summed E-state index contributed by atoms with van der Waals surface area (Å²) in [5, 5.41) is 12.6. The molecule has 162 valence electrons. The minimum Gasteiger partial charge on any atom is -0.372 e. The van der Waals surface area contributed by atoms with E-state index in [2.05, 4.69) is 10.3 Å². The first-order valence-electron chi connectivity index (χ1n) is 10.2. The lowest BCUT2D eigenvalue weighted by molar-refractivity contribution is -0.138. The lowest BCUT2D eigenvalue weighted by atomic mass is 10.0. The van der Waals surface area contributed by atoms with Crippen LogP contribution in [0.15, 0.2) is 59.1 Å². The number of fused-ring (bicyclic) bond motifs is 1. The molecule has 2 atom stereocenters. The molecule has 4 rings (SSSR count). The van der Waals surface area contributed by atoms with Crippen LogP contribution < -0.4 is 5.32 Å². The first-order valence-corrected chi connectivity index (χ1v) is 10.2. The maximum Gasteiger partial charge on any atom is 0.266 e. The number of morpholine rings is 1. The van der Waals surface area contributed by atoms with Gasteiger partial charge in [-0.05, 0) is 38.1 Å². The highest BCUT2D eigenvalue weighted by Crippen LogP contribution is 2.31. The van der Waals surface area contributed by atoms with Crippen LogP contribution in [-0.4, -0.2) is 47.8 Å². The maximum atomic E-state index is 13.2. The number of amidine groups is 1. The highest BCUT2D eigenvalue weighted by atomic mass is 19.1. The normalized spacial score (nSPS) is 21.3. The van der Waals surface area contributed by atoms with E-state index in [9.17, 15) is 19.2 Å². The molecule has 1 fully saturated rings. The van der Waals surface area contributed by atoms with E-state index in [1.807, 2.05) is 19.9 Å². The van der Waals surface area contributed by atoms with Gasteiger partial charge in [-0.15, -0.1) is 0 Å². The van der Waals surface area contributed by atoms with Gasteiger partial charge < -0.3 is 15.0 Å². The van der Waals surface area contributed by atoms with Crippen molar-refractivity contribution in [3.63, 3.8) is 0 Å². The number of nitrogens with zero attached hydrogens (tertiary/aromatic N) is 3. The zero-order chi connectivity index (χ0) is 22.8. The molecule has 0 radical (unpaired) electrons. The van der Waals surface area contributed by atoms with E-state index < -0.39 is 17.6 Å². The number of ether oxygens (including phenoxy) is 1. The summed E-state index contributed by atoms with van der Waals surface area (Å²) in [6.45, 7) is 4.50. The second kappa shape index (κ2) is 8.73. The molecule has 2 aliphatic rings. The number of aliphatic imine (C=N–C) groups is 1. The van der Waals surface area contributed by atoms with Crippen molar-refractivity contribution in [1.29, 1.82) is 5.26 Å². The molecule has 32 heavy (non-hydrogen) atoms. The minimum atomic E-state index is -0.472. The van der Waals surface area contributed by atoms with Crippen LogP contribution in [0.1, 0.15) is 35.3 Å². The van der Waals surface area contributed by atoms with Crippen molar-refractivity contribution in [2.45, 2.75) is 26.1 Å². The highest BCUT2D eigenvalue weighted by molar-refractivity contribution is 6.20. The van der Waals surface area contributed by atoms with E-state index in [1.165, 1.54) is 24.3 Å². The monoisotopic (exact) mass is 432 g/mol. The van der Waals surface area contributed by atoms with Crippen molar-refractivity contribution in [3.05, 3.63) is 76.6 Å². The number of nitrogens with one attached hydrogen (secondary N) is 1. The smallest absolute Gasteiger partial charge is 0.266 e. The number of carbonyl (C=O) groups excluding carboxylic acids is 2. The summed E-state index contributed by atoms with van der Waals surface area (Å²) in [6.07, 6.45) is -0.282. The number of amides is 2. The molecule has 1 N–H and O–H groups in total. The molecule has 0 bridgehead atoms. The molecule has 2 aromatic rings. The van der Waals surface area contributed by atoms with Gasteiger partial charge in [-0.2, -0.15) is 5.26 Å². The van der Waals surface area contributed by atoms with Gasteiger partial charge in [-0.3, -0.25) is 9.59 Å². The van der Waals surface area contributed by atoms with Gasteiger partial charge in [0, 0.05) is 29.8 Å². The zero-order valence-corrected chi connectivity index (χ0v) is 17.6. The first kappa shape index (κ1) is 21.4. The SMILES string of the molecule is C[C@@H]1CN(C(=O)/C(C#N)=C2\N=C(NC(=O)c3ccc(F)cc3)c3ccccc32)C[C@H](C)O1. The standard InChI is InChI=1S/C24H21FN4O3/c1-14-12-29(13-15(2)32-14)24(31)20(11-26)21-18-5-3-4-6-19(18)22(27-21)28-23(30)16-7-9-17(25)10-8-16/h3-10,14-15H,12-13H2,1-2H3,(H,27,28,30)/b21-20-/t14-,15+. The Hall–Kier alpha value is -3.83. The van der Waals surface area contributed by atoms with Gasteiger partial charge in [0.2, 0.25) is 0 Å². The molecule has 0 saturated carbocycles. The Morgan fingerprint density at radius 3 is 2.34 bits per heavy atom.